The van der Waals surface area contributed by atoms with Gasteiger partial charge >= 0.3 is 6.18 Å². The zero-order valence-corrected chi connectivity index (χ0v) is 19.4. The maximum absolute atomic E-state index is 13.1. The second-order valence-corrected chi connectivity index (χ2v) is 9.12. The molecule has 35 heavy (non-hydrogen) atoms. The number of hydrogen-bond acceptors (Lipinski definition) is 6. The third kappa shape index (κ3) is 5.79. The number of alkyl halides is 3. The Labute approximate surface area is 199 Å². The molecule has 0 bridgehead atoms. The first kappa shape index (κ1) is 24.6. The Morgan fingerprint density at radius 2 is 1.89 bits per heavy atom. The van der Waals surface area contributed by atoms with E-state index in [4.69, 9.17) is 0 Å². The summed E-state index contributed by atoms with van der Waals surface area (Å²) in [6, 6.07) is 4.95. The standard InChI is InChI=1S/C24H26F3N5O3/c1-15(33)6-7-16-13-32-14-18(30-22(34)17-4-3-5-20(29-17)24(25,26)27)19(12-21(32)28-16)31-10-8-23(2,35)9-11-31/h3-5,12-14,35H,6-11H2,1-2H3,(H,30,34). The number of aromatic nitrogens is 3. The summed E-state index contributed by atoms with van der Waals surface area (Å²) in [5, 5.41) is 13.0. The normalized spacial score (nSPS) is 15.9. The Morgan fingerprint density at radius 3 is 2.54 bits per heavy atom. The van der Waals surface area contributed by atoms with Crippen molar-refractivity contribution in [1.82, 2.24) is 14.4 Å². The summed E-state index contributed by atoms with van der Waals surface area (Å²) in [6.45, 7) is 4.32. The molecule has 4 heterocycles. The topological polar surface area (TPSA) is 99.8 Å². The SMILES string of the molecule is CC(=O)CCc1cn2cc(NC(=O)c3cccc(C(F)(F)F)n3)c(N3CCC(C)(O)CC3)cc2n1. The molecule has 2 N–H and O–H groups in total. The highest BCUT2D eigenvalue weighted by Gasteiger charge is 2.33. The van der Waals surface area contributed by atoms with E-state index in [-0.39, 0.29) is 11.5 Å². The predicted molar refractivity (Wildman–Crippen MR) is 123 cm³/mol. The number of carbonyl (C=O) groups excluding carboxylic acids is 2. The largest absolute Gasteiger partial charge is 0.433 e. The second kappa shape index (κ2) is 9.29. The van der Waals surface area contributed by atoms with E-state index in [1.165, 1.54) is 13.0 Å². The summed E-state index contributed by atoms with van der Waals surface area (Å²) in [6.07, 6.45) is 0.572. The van der Waals surface area contributed by atoms with Gasteiger partial charge in [0, 0.05) is 38.0 Å². The summed E-state index contributed by atoms with van der Waals surface area (Å²) in [5.74, 6) is -0.734. The van der Waals surface area contributed by atoms with Crippen LogP contribution < -0.4 is 10.2 Å². The van der Waals surface area contributed by atoms with Crippen LogP contribution in [0.25, 0.3) is 5.65 Å². The Kier molecular flexibility index (Phi) is 6.54. The molecule has 0 spiro atoms. The van der Waals surface area contributed by atoms with Crippen molar-refractivity contribution in [3.63, 3.8) is 0 Å². The van der Waals surface area contributed by atoms with Crippen molar-refractivity contribution in [3.05, 3.63) is 53.7 Å². The number of fused-ring (bicyclic) bond motifs is 1. The lowest BCUT2D eigenvalue weighted by Crippen LogP contribution is -2.42. The molecular formula is C24H26F3N5O3. The van der Waals surface area contributed by atoms with Crippen LogP contribution in [0.1, 0.15) is 55.0 Å². The number of aryl methyl sites for hydroxylation is 1. The highest BCUT2D eigenvalue weighted by molar-refractivity contribution is 6.04. The number of ketones is 1. The first-order chi connectivity index (χ1) is 16.4. The van der Waals surface area contributed by atoms with Gasteiger partial charge in [-0.1, -0.05) is 6.07 Å². The zero-order chi connectivity index (χ0) is 25.4. The Morgan fingerprint density at radius 1 is 1.17 bits per heavy atom. The van der Waals surface area contributed by atoms with Gasteiger partial charge in [0.1, 0.15) is 22.8 Å². The van der Waals surface area contributed by atoms with E-state index in [0.717, 1.165) is 12.1 Å². The number of Topliss-reactive ketones (excluding diaryl/α,β-unsaturated/α-hetero) is 1. The molecule has 3 aromatic heterocycles. The molecule has 186 valence electrons. The number of imidazole rings is 1. The molecule has 1 saturated heterocycles. The molecular weight excluding hydrogens is 463 g/mol. The second-order valence-electron chi connectivity index (χ2n) is 9.12. The van der Waals surface area contributed by atoms with Gasteiger partial charge in [-0.25, -0.2) is 9.97 Å². The van der Waals surface area contributed by atoms with Crippen LogP contribution in [0, 0.1) is 0 Å². The maximum Gasteiger partial charge on any atom is 0.433 e. The fourth-order valence-corrected chi connectivity index (χ4v) is 3.99. The number of piperidine rings is 1. The van der Waals surface area contributed by atoms with Crippen molar-refractivity contribution in [1.29, 1.82) is 0 Å². The minimum absolute atomic E-state index is 0.0460. The molecule has 0 aromatic carbocycles. The fourth-order valence-electron chi connectivity index (χ4n) is 3.99. The van der Waals surface area contributed by atoms with Crippen molar-refractivity contribution >= 4 is 28.7 Å². The summed E-state index contributed by atoms with van der Waals surface area (Å²) in [4.78, 5) is 34.3. The summed E-state index contributed by atoms with van der Waals surface area (Å²) in [5.41, 5.74) is 0.0146. The number of aliphatic hydroxyl groups is 1. The van der Waals surface area contributed by atoms with Gasteiger partial charge in [0.2, 0.25) is 0 Å². The average molecular weight is 489 g/mol. The van der Waals surface area contributed by atoms with Gasteiger partial charge in [-0.05, 0) is 45.2 Å². The molecule has 0 saturated carbocycles. The molecule has 11 heteroatoms. The smallest absolute Gasteiger partial charge is 0.390 e. The molecule has 8 nitrogen and oxygen atoms in total. The molecule has 1 aliphatic heterocycles. The van der Waals surface area contributed by atoms with Gasteiger partial charge in [-0.15, -0.1) is 0 Å². The van der Waals surface area contributed by atoms with Crippen LogP contribution in [0.15, 0.2) is 36.7 Å². The monoisotopic (exact) mass is 489 g/mol. The summed E-state index contributed by atoms with van der Waals surface area (Å²) >= 11 is 0. The van der Waals surface area contributed by atoms with Gasteiger partial charge in [0.25, 0.3) is 5.91 Å². The van der Waals surface area contributed by atoms with Crippen LogP contribution >= 0.6 is 0 Å². The Balaban J connectivity index is 1.68. The van der Waals surface area contributed by atoms with Gasteiger partial charge in [-0.3, -0.25) is 4.79 Å². The fraction of sp³-hybridized carbons (Fsp3) is 0.417. The summed E-state index contributed by atoms with van der Waals surface area (Å²) in [7, 11) is 0. The lowest BCUT2D eigenvalue weighted by Gasteiger charge is -2.37. The zero-order valence-electron chi connectivity index (χ0n) is 19.4. The van der Waals surface area contributed by atoms with E-state index in [1.54, 1.807) is 29.8 Å². The van der Waals surface area contributed by atoms with Gasteiger partial charge < -0.3 is 24.5 Å². The first-order valence-electron chi connectivity index (χ1n) is 11.3. The Bertz CT molecular complexity index is 1260. The van der Waals surface area contributed by atoms with Crippen LogP contribution in [0.2, 0.25) is 0 Å². The quantitative estimate of drug-likeness (QED) is 0.545. The number of carbonyl (C=O) groups is 2. The van der Waals surface area contributed by atoms with E-state index in [2.05, 4.69) is 15.3 Å². The number of pyridine rings is 2. The molecule has 0 unspecified atom stereocenters. The van der Waals surface area contributed by atoms with Crippen molar-refractivity contribution in [3.8, 4) is 0 Å². The molecule has 0 atom stereocenters. The minimum Gasteiger partial charge on any atom is -0.390 e. The average Bonchev–Trinajstić information content (AvgIpc) is 3.18. The van der Waals surface area contributed by atoms with E-state index in [0.29, 0.717) is 61.5 Å². The highest BCUT2D eigenvalue weighted by Crippen LogP contribution is 2.33. The van der Waals surface area contributed by atoms with Crippen LogP contribution in [0.5, 0.6) is 0 Å². The molecule has 1 amide bonds. The third-order valence-corrected chi connectivity index (χ3v) is 6.06. The van der Waals surface area contributed by atoms with Crippen molar-refractivity contribution in [2.45, 2.75) is 51.3 Å². The first-order valence-corrected chi connectivity index (χ1v) is 11.3. The number of hydrogen-bond donors (Lipinski definition) is 2. The lowest BCUT2D eigenvalue weighted by molar-refractivity contribution is -0.141. The van der Waals surface area contributed by atoms with Crippen LogP contribution in [-0.2, 0) is 17.4 Å². The third-order valence-electron chi connectivity index (χ3n) is 6.06. The van der Waals surface area contributed by atoms with E-state index >= 15 is 0 Å². The van der Waals surface area contributed by atoms with E-state index in [1.807, 2.05) is 4.90 Å². The van der Waals surface area contributed by atoms with Crippen LogP contribution in [0.3, 0.4) is 0 Å². The molecule has 0 radical (unpaired) electrons. The summed E-state index contributed by atoms with van der Waals surface area (Å²) < 4.78 is 40.9. The number of halogens is 3. The van der Waals surface area contributed by atoms with Crippen LogP contribution in [-0.4, -0.2) is 49.9 Å². The van der Waals surface area contributed by atoms with Gasteiger partial charge in [0.05, 0.1) is 22.7 Å². The number of anilines is 2. The van der Waals surface area contributed by atoms with Crippen molar-refractivity contribution in [2.24, 2.45) is 0 Å². The van der Waals surface area contributed by atoms with Crippen molar-refractivity contribution in [2.75, 3.05) is 23.3 Å². The van der Waals surface area contributed by atoms with Crippen LogP contribution in [0.4, 0.5) is 24.5 Å². The van der Waals surface area contributed by atoms with Gasteiger partial charge in [-0.2, -0.15) is 13.2 Å². The molecule has 3 aromatic rings. The highest BCUT2D eigenvalue weighted by atomic mass is 19.4. The van der Waals surface area contributed by atoms with Gasteiger partial charge in [0.15, 0.2) is 0 Å². The maximum atomic E-state index is 13.1. The Hall–Kier alpha value is -3.47. The minimum atomic E-state index is -4.67. The number of rotatable bonds is 6. The predicted octanol–water partition coefficient (Wildman–Crippen LogP) is 3.87. The van der Waals surface area contributed by atoms with E-state index < -0.39 is 23.4 Å². The number of nitrogens with one attached hydrogen (secondary N) is 1. The lowest BCUT2D eigenvalue weighted by atomic mass is 9.93. The molecule has 1 fully saturated rings. The number of amides is 1. The molecule has 1 aliphatic rings. The van der Waals surface area contributed by atoms with E-state index in [9.17, 15) is 27.9 Å². The number of nitrogens with zero attached hydrogens (tertiary/aromatic N) is 4. The van der Waals surface area contributed by atoms with Crippen molar-refractivity contribution < 1.29 is 27.9 Å². The molecule has 4 rings (SSSR count). The molecule has 0 aliphatic carbocycles.